The number of nitrogens with zero attached hydrogens (tertiary/aromatic N) is 2. The smallest absolute Gasteiger partial charge is 0.280 e. The molecule has 0 unspecified atom stereocenters. The van der Waals surface area contributed by atoms with Gasteiger partial charge >= 0.3 is 0 Å². The molecule has 0 spiro atoms. The number of hydrogen-bond acceptors (Lipinski definition) is 5. The third-order valence-electron chi connectivity index (χ3n) is 5.34. The number of hydrogen-bond donors (Lipinski definition) is 2. The fraction of sp³-hybridized carbons (Fsp3) is 0.444. The number of rotatable bonds is 3. The summed E-state index contributed by atoms with van der Waals surface area (Å²) in [7, 11) is 0. The number of piperidine rings is 3. The van der Waals surface area contributed by atoms with Crippen molar-refractivity contribution in [3.05, 3.63) is 35.5 Å². The van der Waals surface area contributed by atoms with E-state index in [0.29, 0.717) is 22.5 Å². The predicted octanol–water partition coefficient (Wildman–Crippen LogP) is 2.73. The number of fused-ring (bicyclic) bond motifs is 3. The van der Waals surface area contributed by atoms with Crippen LogP contribution in [0.3, 0.4) is 0 Å². The first-order valence-corrected chi connectivity index (χ1v) is 9.24. The monoisotopic (exact) mass is 343 g/mol. The van der Waals surface area contributed by atoms with Crippen LogP contribution in [0.2, 0.25) is 0 Å². The van der Waals surface area contributed by atoms with Gasteiger partial charge in [0.05, 0.1) is 4.88 Å². The number of nitrogens with one attached hydrogen (secondary N) is 1. The Bertz CT molecular complexity index is 750. The van der Waals surface area contributed by atoms with Crippen molar-refractivity contribution < 1.29 is 9.90 Å². The summed E-state index contributed by atoms with van der Waals surface area (Å²) in [6.45, 7) is 4.49. The first-order valence-electron chi connectivity index (χ1n) is 8.42. The van der Waals surface area contributed by atoms with Crippen LogP contribution in [-0.2, 0) is 0 Å². The molecule has 3 aliphatic rings. The van der Waals surface area contributed by atoms with Crippen molar-refractivity contribution in [1.29, 1.82) is 0 Å². The maximum Gasteiger partial charge on any atom is 0.280 e. The number of aromatic hydroxyl groups is 1. The molecule has 3 fully saturated rings. The minimum Gasteiger partial charge on any atom is -0.507 e. The first kappa shape index (κ1) is 15.6. The van der Waals surface area contributed by atoms with Gasteiger partial charge in [0.25, 0.3) is 5.91 Å². The topological polar surface area (TPSA) is 65.5 Å². The number of thiazole rings is 1. The zero-order chi connectivity index (χ0) is 16.7. The van der Waals surface area contributed by atoms with Gasteiger partial charge in [0.1, 0.15) is 5.75 Å². The fourth-order valence-electron chi connectivity index (χ4n) is 3.94. The quantitative estimate of drug-likeness (QED) is 0.899. The van der Waals surface area contributed by atoms with Crippen molar-refractivity contribution in [2.24, 2.45) is 5.92 Å². The molecule has 4 heterocycles. The van der Waals surface area contributed by atoms with Gasteiger partial charge in [-0.1, -0.05) is 12.1 Å². The van der Waals surface area contributed by atoms with Crippen LogP contribution in [-0.4, -0.2) is 46.1 Å². The number of aromatic nitrogens is 1. The van der Waals surface area contributed by atoms with Crippen LogP contribution in [0.25, 0.3) is 10.4 Å². The molecule has 126 valence electrons. The minimum atomic E-state index is -0.104. The van der Waals surface area contributed by atoms with Crippen LogP contribution in [0.5, 0.6) is 5.75 Å². The number of para-hydroxylation sites is 1. The standard InChI is InChI=1S/C18H21N3O2S/c1-11-16(12-6-8-21(11)9-7-12)20-17(23)18-19-10-15(24-18)13-4-2-3-5-14(13)22/h2-5,10-12,16,22H,6-9H2,1H3,(H,20,23)/t11-,16-/m0/s1. The summed E-state index contributed by atoms with van der Waals surface area (Å²) in [5.74, 6) is 0.679. The first-order chi connectivity index (χ1) is 11.6. The third-order valence-corrected chi connectivity index (χ3v) is 6.37. The summed E-state index contributed by atoms with van der Waals surface area (Å²) in [5, 5.41) is 13.6. The second kappa shape index (κ2) is 6.18. The van der Waals surface area contributed by atoms with E-state index in [-0.39, 0.29) is 17.7 Å². The molecule has 1 aromatic carbocycles. The highest BCUT2D eigenvalue weighted by atomic mass is 32.1. The molecule has 5 rings (SSSR count). The molecule has 1 amide bonds. The van der Waals surface area contributed by atoms with Crippen LogP contribution < -0.4 is 5.32 Å². The number of phenols is 1. The van der Waals surface area contributed by atoms with E-state index in [1.165, 1.54) is 11.3 Å². The van der Waals surface area contributed by atoms with Crippen LogP contribution >= 0.6 is 11.3 Å². The molecule has 2 N–H and O–H groups in total. The predicted molar refractivity (Wildman–Crippen MR) is 94.2 cm³/mol. The van der Waals surface area contributed by atoms with Gasteiger partial charge in [0.2, 0.25) is 0 Å². The normalized spacial score (nSPS) is 28.7. The maximum atomic E-state index is 12.6. The molecule has 0 radical (unpaired) electrons. The Kier molecular flexibility index (Phi) is 4.02. The summed E-state index contributed by atoms with van der Waals surface area (Å²) in [5.41, 5.74) is 0.713. The van der Waals surface area contributed by atoms with E-state index in [0.717, 1.165) is 30.8 Å². The molecule has 2 atom stereocenters. The number of amides is 1. The van der Waals surface area contributed by atoms with E-state index in [4.69, 9.17) is 0 Å². The van der Waals surface area contributed by atoms with Crippen LogP contribution in [0.4, 0.5) is 0 Å². The van der Waals surface area contributed by atoms with Gasteiger partial charge in [-0.25, -0.2) is 4.98 Å². The molecule has 3 saturated heterocycles. The van der Waals surface area contributed by atoms with E-state index >= 15 is 0 Å². The van der Waals surface area contributed by atoms with Gasteiger partial charge < -0.3 is 10.4 Å². The lowest BCUT2D eigenvalue weighted by atomic mass is 9.79. The maximum absolute atomic E-state index is 12.6. The SMILES string of the molecule is C[C@H]1[C@H](NC(=O)c2ncc(-c3ccccc3O)s2)C2CCN1CC2. The van der Waals surface area contributed by atoms with Crippen molar-refractivity contribution in [3.8, 4) is 16.2 Å². The van der Waals surface area contributed by atoms with Crippen LogP contribution in [0.1, 0.15) is 29.6 Å². The highest BCUT2D eigenvalue weighted by Crippen LogP contribution is 2.34. The Morgan fingerprint density at radius 3 is 2.79 bits per heavy atom. The number of carbonyl (C=O) groups excluding carboxylic acids is 1. The van der Waals surface area contributed by atoms with E-state index in [1.54, 1.807) is 18.3 Å². The van der Waals surface area contributed by atoms with Gasteiger partial charge in [-0.15, -0.1) is 11.3 Å². The second-order valence-electron chi connectivity index (χ2n) is 6.66. The number of carbonyl (C=O) groups is 1. The second-order valence-corrected chi connectivity index (χ2v) is 7.69. The van der Waals surface area contributed by atoms with Gasteiger partial charge in [0, 0.05) is 23.8 Å². The molecular weight excluding hydrogens is 322 g/mol. The van der Waals surface area contributed by atoms with Gasteiger partial charge in [-0.2, -0.15) is 0 Å². The highest BCUT2D eigenvalue weighted by Gasteiger charge is 2.40. The average Bonchev–Trinajstić information content (AvgIpc) is 3.09. The Morgan fingerprint density at radius 1 is 1.33 bits per heavy atom. The van der Waals surface area contributed by atoms with Crippen LogP contribution in [0, 0.1) is 5.92 Å². The van der Waals surface area contributed by atoms with Gasteiger partial charge in [-0.3, -0.25) is 9.69 Å². The van der Waals surface area contributed by atoms with Gasteiger partial charge in [0.15, 0.2) is 5.01 Å². The molecule has 5 nitrogen and oxygen atoms in total. The molecule has 1 aromatic heterocycles. The zero-order valence-corrected chi connectivity index (χ0v) is 14.4. The number of benzene rings is 1. The molecular formula is C18H21N3O2S. The van der Waals surface area contributed by atoms with Crippen molar-refractivity contribution in [1.82, 2.24) is 15.2 Å². The zero-order valence-electron chi connectivity index (χ0n) is 13.6. The largest absolute Gasteiger partial charge is 0.507 e. The van der Waals surface area contributed by atoms with E-state index in [9.17, 15) is 9.90 Å². The summed E-state index contributed by atoms with van der Waals surface area (Å²) in [6, 6.07) is 7.71. The molecule has 3 aliphatic heterocycles. The van der Waals surface area contributed by atoms with Crippen molar-refractivity contribution in [2.75, 3.05) is 13.1 Å². The lowest BCUT2D eigenvalue weighted by molar-refractivity contribution is 0.0217. The Hall–Kier alpha value is -1.92. The Labute approximate surface area is 145 Å². The molecule has 0 aliphatic carbocycles. The van der Waals surface area contributed by atoms with E-state index in [1.807, 2.05) is 12.1 Å². The van der Waals surface area contributed by atoms with E-state index < -0.39 is 0 Å². The van der Waals surface area contributed by atoms with E-state index in [2.05, 4.69) is 22.1 Å². The number of phenolic OH excluding ortho intramolecular Hbond substituents is 1. The molecule has 6 heteroatoms. The highest BCUT2D eigenvalue weighted by molar-refractivity contribution is 7.17. The van der Waals surface area contributed by atoms with Crippen LogP contribution in [0.15, 0.2) is 30.5 Å². The molecule has 2 aromatic rings. The van der Waals surface area contributed by atoms with Crippen molar-refractivity contribution in [2.45, 2.75) is 31.8 Å². The lowest BCUT2D eigenvalue weighted by Gasteiger charge is -2.49. The Balaban J connectivity index is 1.51. The lowest BCUT2D eigenvalue weighted by Crippen LogP contribution is -2.62. The third kappa shape index (κ3) is 2.70. The summed E-state index contributed by atoms with van der Waals surface area (Å²) in [4.78, 5) is 20.2. The van der Waals surface area contributed by atoms with Gasteiger partial charge in [-0.05, 0) is 50.9 Å². The summed E-state index contributed by atoms with van der Waals surface area (Å²) >= 11 is 1.32. The molecule has 24 heavy (non-hydrogen) atoms. The Morgan fingerprint density at radius 2 is 2.08 bits per heavy atom. The summed E-state index contributed by atoms with van der Waals surface area (Å²) < 4.78 is 0. The summed E-state index contributed by atoms with van der Waals surface area (Å²) in [6.07, 6.45) is 3.99. The molecule has 2 bridgehead atoms. The average molecular weight is 343 g/mol. The van der Waals surface area contributed by atoms with Crippen molar-refractivity contribution in [3.63, 3.8) is 0 Å². The minimum absolute atomic E-state index is 0.104. The van der Waals surface area contributed by atoms with Crippen molar-refractivity contribution >= 4 is 17.2 Å². The molecule has 0 saturated carbocycles. The fourth-order valence-corrected chi connectivity index (χ4v) is 4.80.